The van der Waals surface area contributed by atoms with Gasteiger partial charge in [-0.05, 0) is 17.6 Å². The Hall–Kier alpha value is -3.04. The molecule has 0 bridgehead atoms. The minimum Gasteiger partial charge on any atom is -0.481 e. The zero-order valence-corrected chi connectivity index (χ0v) is 18.0. The molecule has 31 heavy (non-hydrogen) atoms. The van der Waals surface area contributed by atoms with Gasteiger partial charge in [-0.1, -0.05) is 15.7 Å². The van der Waals surface area contributed by atoms with Gasteiger partial charge < -0.3 is 26.3 Å². The lowest BCUT2D eigenvalue weighted by Crippen LogP contribution is -2.73. The zero-order valence-electron chi connectivity index (χ0n) is 15.5. The van der Waals surface area contributed by atoms with E-state index in [2.05, 4.69) is 25.0 Å². The van der Waals surface area contributed by atoms with Crippen molar-refractivity contribution in [3.05, 3.63) is 28.2 Å². The molecule has 2 unspecified atom stereocenters. The quantitative estimate of drug-likeness (QED) is 0.189. The summed E-state index contributed by atoms with van der Waals surface area (Å²) in [5.41, 5.74) is 4.00. The maximum atomic E-state index is 12.7. The monoisotopic (exact) mass is 481 g/mol. The van der Waals surface area contributed by atoms with Crippen LogP contribution in [0.4, 0.5) is 5.13 Å². The second-order valence-corrected chi connectivity index (χ2v) is 9.56. The van der Waals surface area contributed by atoms with E-state index in [0.29, 0.717) is 4.88 Å². The highest BCUT2D eigenvalue weighted by atomic mass is 32.2. The van der Waals surface area contributed by atoms with E-state index in [4.69, 9.17) is 5.73 Å². The summed E-state index contributed by atoms with van der Waals surface area (Å²) in [5.74, 6) is -2.04. The van der Waals surface area contributed by atoms with Crippen LogP contribution < -0.4 is 11.1 Å². The van der Waals surface area contributed by atoms with Crippen molar-refractivity contribution in [2.75, 3.05) is 18.0 Å². The summed E-state index contributed by atoms with van der Waals surface area (Å²) in [4.78, 5) is 43.2. The summed E-state index contributed by atoms with van der Waals surface area (Å²) < 4.78 is 3.73. The number of aromatic nitrogens is 3. The number of β-lactam (4-membered cyclic amide) rings is 1. The average molecular weight is 482 g/mol. The molecule has 0 radical (unpaired) electrons. The Bertz CT molecular complexity index is 1090. The van der Waals surface area contributed by atoms with Crippen LogP contribution >= 0.6 is 34.6 Å². The lowest BCUT2D eigenvalue weighted by Gasteiger charge is -2.53. The normalized spacial score (nSPS) is 25.9. The first-order chi connectivity index (χ1) is 14.8. The number of thiazole rings is 1. The number of amides is 2. The van der Waals surface area contributed by atoms with Crippen LogP contribution in [0.3, 0.4) is 0 Å². The van der Waals surface area contributed by atoms with Gasteiger partial charge in [0, 0.05) is 17.7 Å². The van der Waals surface area contributed by atoms with Crippen molar-refractivity contribution < 1.29 is 24.7 Å². The molecule has 15 heteroatoms. The number of hydrogen-bond acceptors (Lipinski definition) is 12. The predicted octanol–water partition coefficient (Wildman–Crippen LogP) is -0.0606. The number of fused-ring (bicyclic) bond motifs is 1. The molecule has 0 aliphatic carbocycles. The third-order valence-electron chi connectivity index (χ3n) is 4.84. The van der Waals surface area contributed by atoms with Crippen molar-refractivity contribution in [1.29, 1.82) is 0 Å². The van der Waals surface area contributed by atoms with Crippen LogP contribution in [0.1, 0.15) is 10.6 Å². The fourth-order valence-electron chi connectivity index (χ4n) is 3.20. The van der Waals surface area contributed by atoms with Crippen LogP contribution in [0.5, 0.6) is 0 Å². The van der Waals surface area contributed by atoms with E-state index in [0.717, 1.165) is 22.9 Å². The van der Waals surface area contributed by atoms with E-state index >= 15 is 0 Å². The van der Waals surface area contributed by atoms with Gasteiger partial charge >= 0.3 is 5.97 Å². The molecule has 4 rings (SSSR count). The molecule has 2 aromatic heterocycles. The molecule has 2 amide bonds. The van der Waals surface area contributed by atoms with Gasteiger partial charge in [-0.3, -0.25) is 14.4 Å². The fourth-order valence-corrected chi connectivity index (χ4v) is 5.68. The van der Waals surface area contributed by atoms with E-state index in [1.54, 1.807) is 12.2 Å². The smallest absolute Gasteiger partial charge is 0.316 e. The molecule has 3 atom stereocenters. The molecule has 2 aliphatic heterocycles. The number of carbonyl (C=O) groups excluding carboxylic acids is 2. The highest BCUT2D eigenvalue weighted by molar-refractivity contribution is 8.00. The van der Waals surface area contributed by atoms with E-state index < -0.39 is 34.6 Å². The number of anilines is 1. The van der Waals surface area contributed by atoms with Crippen LogP contribution in [0.2, 0.25) is 0 Å². The number of thioether (sulfide) groups is 1. The van der Waals surface area contributed by atoms with E-state index in [1.807, 2.05) is 0 Å². The number of aliphatic carboxylic acids is 1. The molecular formula is C16H15N7O5S3. The number of carboxylic acid groups (broad SMARTS) is 1. The van der Waals surface area contributed by atoms with Crippen molar-refractivity contribution >= 4 is 69.3 Å². The zero-order chi connectivity index (χ0) is 22.2. The van der Waals surface area contributed by atoms with Gasteiger partial charge in [0.25, 0.3) is 5.91 Å². The Morgan fingerprint density at radius 2 is 2.26 bits per heavy atom. The number of oxime groups is 1. The Morgan fingerprint density at radius 3 is 2.87 bits per heavy atom. The van der Waals surface area contributed by atoms with Crippen LogP contribution in [-0.2, 0) is 14.4 Å². The number of nitrogens with two attached hydrogens (primary N) is 1. The molecule has 0 saturated carbocycles. The van der Waals surface area contributed by atoms with Crippen molar-refractivity contribution in [3.63, 3.8) is 0 Å². The summed E-state index contributed by atoms with van der Waals surface area (Å²) >= 11 is 3.46. The summed E-state index contributed by atoms with van der Waals surface area (Å²) in [7, 11) is 0. The molecule has 2 fully saturated rings. The minimum absolute atomic E-state index is 0.0303. The van der Waals surface area contributed by atoms with Crippen LogP contribution in [0, 0.1) is 5.41 Å². The van der Waals surface area contributed by atoms with E-state index in [9.17, 15) is 24.7 Å². The maximum absolute atomic E-state index is 12.7. The van der Waals surface area contributed by atoms with E-state index in [1.165, 1.54) is 28.2 Å². The number of hydrogen-bond donors (Lipinski definition) is 4. The first-order valence-electron chi connectivity index (χ1n) is 8.71. The third kappa shape index (κ3) is 3.86. The second-order valence-electron chi connectivity index (χ2n) is 6.75. The van der Waals surface area contributed by atoms with Crippen molar-refractivity contribution in [2.45, 2.75) is 11.4 Å². The van der Waals surface area contributed by atoms with Crippen LogP contribution in [0.15, 0.2) is 22.8 Å². The topological polar surface area (TPSA) is 184 Å². The molecule has 0 aromatic carbocycles. The number of nitrogen functional groups attached to an aromatic ring is 1. The average Bonchev–Trinajstić information content (AvgIpc) is 3.42. The first-order valence-corrected chi connectivity index (χ1v) is 11.4. The number of nitrogens with one attached hydrogen (secondary N) is 1. The summed E-state index contributed by atoms with van der Waals surface area (Å²) in [6.07, 6.45) is 4.70. The van der Waals surface area contributed by atoms with Gasteiger partial charge in [0.2, 0.25) is 5.91 Å². The number of rotatable bonds is 6. The molecule has 12 nitrogen and oxygen atoms in total. The Morgan fingerprint density at radius 1 is 1.45 bits per heavy atom. The standard InChI is InChI=1S/C16H15N7O5S3/c17-15-19-8(4-29-15)9(21-28)11(24)20-10-12(25)23-5-16(14(26)27,6-30-13(10)23)2-1-7-3-18-22-31-7/h1-4,10,13,28H,5-6H2,(H2,17,19)(H,20,24)(H,26,27)/t10?,13-,16?/m1/s1. The lowest BCUT2D eigenvalue weighted by atomic mass is 9.86. The molecule has 5 N–H and O–H groups in total. The van der Waals surface area contributed by atoms with Crippen LogP contribution in [-0.4, -0.2) is 77.0 Å². The van der Waals surface area contributed by atoms with Crippen molar-refractivity contribution in [2.24, 2.45) is 10.6 Å². The molecule has 0 spiro atoms. The Balaban J connectivity index is 1.45. The number of nitrogens with zero attached hydrogens (tertiary/aromatic N) is 5. The molecule has 4 heterocycles. The largest absolute Gasteiger partial charge is 0.481 e. The van der Waals surface area contributed by atoms with Crippen LogP contribution in [0.25, 0.3) is 6.08 Å². The van der Waals surface area contributed by atoms with Crippen molar-refractivity contribution in [3.8, 4) is 0 Å². The third-order valence-corrected chi connectivity index (χ3v) is 7.69. The molecule has 2 aliphatic rings. The lowest BCUT2D eigenvalue weighted by molar-refractivity contribution is -0.155. The summed E-state index contributed by atoms with van der Waals surface area (Å²) in [6.45, 7) is -0.0303. The SMILES string of the molecule is Nc1nc(C(=NO)C(=O)NC2C(=O)N3CC(C=Cc4cnns4)(C(=O)O)CS[C@H]23)cs1. The van der Waals surface area contributed by atoms with Crippen molar-refractivity contribution in [1.82, 2.24) is 24.8 Å². The summed E-state index contributed by atoms with van der Waals surface area (Å²) in [5, 5.41) is 29.5. The van der Waals surface area contributed by atoms with Gasteiger partial charge in [-0.2, -0.15) is 0 Å². The highest BCUT2D eigenvalue weighted by Crippen LogP contribution is 2.43. The molecule has 2 saturated heterocycles. The Labute approximate surface area is 187 Å². The minimum atomic E-state index is -1.27. The summed E-state index contributed by atoms with van der Waals surface area (Å²) in [6, 6.07) is -0.869. The van der Waals surface area contributed by atoms with Gasteiger partial charge in [0.05, 0.1) is 11.1 Å². The first kappa shape index (κ1) is 21.2. The maximum Gasteiger partial charge on any atom is 0.316 e. The Kier molecular flexibility index (Phi) is 5.63. The van der Waals surface area contributed by atoms with Gasteiger partial charge in [0.1, 0.15) is 22.5 Å². The van der Waals surface area contributed by atoms with Gasteiger partial charge in [0.15, 0.2) is 10.8 Å². The second kappa shape index (κ2) is 8.24. The highest BCUT2D eigenvalue weighted by Gasteiger charge is 2.56. The molecule has 162 valence electrons. The van der Waals surface area contributed by atoms with E-state index in [-0.39, 0.29) is 28.8 Å². The predicted molar refractivity (Wildman–Crippen MR) is 114 cm³/mol. The molecule has 2 aromatic rings. The number of carboxylic acids is 1. The van der Waals surface area contributed by atoms with Gasteiger partial charge in [-0.15, -0.1) is 28.2 Å². The molecular weight excluding hydrogens is 466 g/mol. The number of carbonyl (C=O) groups is 3. The fraction of sp³-hybridized carbons (Fsp3) is 0.312. The van der Waals surface area contributed by atoms with Gasteiger partial charge in [-0.25, -0.2) is 4.98 Å².